The minimum atomic E-state index is -4.60. The number of methoxy groups -OCH3 is 1. The number of benzene rings is 1. The number of phenols is 1. The van der Waals surface area contributed by atoms with Gasteiger partial charge in [-0.15, -0.1) is 0 Å². The molecule has 90 valence electrons. The first kappa shape index (κ1) is 12.6. The van der Waals surface area contributed by atoms with E-state index in [0.717, 1.165) is 0 Å². The zero-order valence-corrected chi connectivity index (χ0v) is 8.80. The van der Waals surface area contributed by atoms with Gasteiger partial charge in [-0.3, -0.25) is 0 Å². The highest BCUT2D eigenvalue weighted by Gasteiger charge is 2.40. The molecule has 1 aromatic rings. The number of nitrogens with two attached hydrogens (primary N) is 1. The lowest BCUT2D eigenvalue weighted by molar-refractivity contribution is -0.149. The van der Waals surface area contributed by atoms with E-state index < -0.39 is 18.0 Å². The molecule has 3 N–H and O–H groups in total. The number of alkyl halides is 3. The largest absolute Gasteiger partial charge is 0.504 e. The second-order valence-corrected chi connectivity index (χ2v) is 3.37. The first-order chi connectivity index (χ1) is 7.29. The van der Waals surface area contributed by atoms with Crippen LogP contribution < -0.4 is 10.5 Å². The summed E-state index contributed by atoms with van der Waals surface area (Å²) < 4.78 is 42.1. The number of aryl methyl sites for hydroxylation is 1. The minimum absolute atomic E-state index is 0.0275. The van der Waals surface area contributed by atoms with Crippen molar-refractivity contribution < 1.29 is 23.0 Å². The Bertz CT molecular complexity index is 390. The molecule has 0 unspecified atom stereocenters. The second-order valence-electron chi connectivity index (χ2n) is 3.37. The van der Waals surface area contributed by atoms with E-state index in [1.54, 1.807) is 0 Å². The Labute approximate surface area is 90.6 Å². The summed E-state index contributed by atoms with van der Waals surface area (Å²) in [4.78, 5) is 0. The lowest BCUT2D eigenvalue weighted by atomic mass is 9.99. The van der Waals surface area contributed by atoms with E-state index in [0.29, 0.717) is 0 Å². The Morgan fingerprint density at radius 1 is 1.38 bits per heavy atom. The molecule has 0 bridgehead atoms. The number of hydrogen-bond donors (Lipinski definition) is 2. The third-order valence-electron chi connectivity index (χ3n) is 2.28. The van der Waals surface area contributed by atoms with Gasteiger partial charge >= 0.3 is 6.18 Å². The van der Waals surface area contributed by atoms with Crippen LogP contribution in [0.5, 0.6) is 11.5 Å². The molecule has 0 aliphatic heterocycles. The summed E-state index contributed by atoms with van der Waals surface area (Å²) in [6, 6.07) is 0.583. The highest BCUT2D eigenvalue weighted by atomic mass is 19.4. The molecule has 0 radical (unpaired) electrons. The van der Waals surface area contributed by atoms with Crippen molar-refractivity contribution in [3.63, 3.8) is 0 Å². The maximum atomic E-state index is 12.5. The van der Waals surface area contributed by atoms with Gasteiger partial charge < -0.3 is 15.6 Å². The van der Waals surface area contributed by atoms with Crippen molar-refractivity contribution in [1.29, 1.82) is 0 Å². The number of rotatable bonds is 2. The Kier molecular flexibility index (Phi) is 3.32. The van der Waals surface area contributed by atoms with E-state index in [-0.39, 0.29) is 16.9 Å². The number of ether oxygens (including phenoxy) is 1. The Hall–Kier alpha value is -1.43. The van der Waals surface area contributed by atoms with Crippen LogP contribution in [-0.4, -0.2) is 18.4 Å². The van der Waals surface area contributed by atoms with E-state index in [9.17, 15) is 18.3 Å². The predicted octanol–water partition coefficient (Wildman–Crippen LogP) is 2.27. The fourth-order valence-corrected chi connectivity index (χ4v) is 1.41. The first-order valence-corrected chi connectivity index (χ1v) is 4.47. The van der Waals surface area contributed by atoms with Crippen LogP contribution in [0.25, 0.3) is 0 Å². The van der Waals surface area contributed by atoms with Gasteiger partial charge in [-0.1, -0.05) is 6.07 Å². The molecule has 6 heteroatoms. The molecule has 0 saturated carbocycles. The van der Waals surface area contributed by atoms with E-state index >= 15 is 0 Å². The SMILES string of the molecule is COc1ccc(C)c([C@@H](N)C(F)(F)F)c1O. The smallest absolute Gasteiger partial charge is 0.407 e. The topological polar surface area (TPSA) is 55.5 Å². The molecular formula is C10H12F3NO2. The molecule has 0 aliphatic rings. The highest BCUT2D eigenvalue weighted by molar-refractivity contribution is 5.51. The molecule has 16 heavy (non-hydrogen) atoms. The lowest BCUT2D eigenvalue weighted by Gasteiger charge is -2.20. The number of halogens is 3. The Morgan fingerprint density at radius 2 is 1.94 bits per heavy atom. The van der Waals surface area contributed by atoms with Gasteiger partial charge in [0.25, 0.3) is 0 Å². The van der Waals surface area contributed by atoms with Crippen molar-refractivity contribution in [2.75, 3.05) is 7.11 Å². The van der Waals surface area contributed by atoms with Crippen LogP contribution >= 0.6 is 0 Å². The van der Waals surface area contributed by atoms with E-state index in [1.807, 2.05) is 0 Å². The van der Waals surface area contributed by atoms with Crippen LogP contribution in [0.1, 0.15) is 17.2 Å². The van der Waals surface area contributed by atoms with Gasteiger partial charge in [0.1, 0.15) is 6.04 Å². The van der Waals surface area contributed by atoms with E-state index in [2.05, 4.69) is 0 Å². The zero-order valence-electron chi connectivity index (χ0n) is 8.80. The van der Waals surface area contributed by atoms with Crippen LogP contribution in [0.15, 0.2) is 12.1 Å². The monoisotopic (exact) mass is 235 g/mol. The van der Waals surface area contributed by atoms with Crippen LogP contribution in [0.4, 0.5) is 13.2 Å². The average Bonchev–Trinajstić information content (AvgIpc) is 2.16. The van der Waals surface area contributed by atoms with Crippen LogP contribution in [0.2, 0.25) is 0 Å². The summed E-state index contributed by atoms with van der Waals surface area (Å²) in [6.45, 7) is 1.44. The third kappa shape index (κ3) is 2.21. The molecule has 0 heterocycles. The van der Waals surface area contributed by atoms with E-state index in [1.165, 1.54) is 26.2 Å². The maximum Gasteiger partial charge on any atom is 0.407 e. The van der Waals surface area contributed by atoms with Gasteiger partial charge in [0, 0.05) is 5.56 Å². The normalized spacial score (nSPS) is 13.6. The predicted molar refractivity (Wildman–Crippen MR) is 52.4 cm³/mol. The van der Waals surface area contributed by atoms with Crippen molar-refractivity contribution in [2.24, 2.45) is 5.73 Å². The van der Waals surface area contributed by atoms with Gasteiger partial charge in [0.15, 0.2) is 11.5 Å². The quantitative estimate of drug-likeness (QED) is 0.826. The third-order valence-corrected chi connectivity index (χ3v) is 2.28. The number of phenolic OH excluding ortho intramolecular Hbond substituents is 1. The number of hydrogen-bond acceptors (Lipinski definition) is 3. The van der Waals surface area contributed by atoms with Gasteiger partial charge in [-0.25, -0.2) is 0 Å². The fourth-order valence-electron chi connectivity index (χ4n) is 1.41. The molecule has 0 aromatic heterocycles. The molecule has 1 aromatic carbocycles. The van der Waals surface area contributed by atoms with Crippen molar-refractivity contribution in [3.8, 4) is 11.5 Å². The average molecular weight is 235 g/mol. The van der Waals surface area contributed by atoms with Gasteiger partial charge in [-0.2, -0.15) is 13.2 Å². The molecule has 0 spiro atoms. The van der Waals surface area contributed by atoms with Crippen molar-refractivity contribution in [2.45, 2.75) is 19.1 Å². The van der Waals surface area contributed by atoms with E-state index in [4.69, 9.17) is 10.5 Å². The maximum absolute atomic E-state index is 12.5. The standard InChI is InChI=1S/C10H12F3NO2/c1-5-3-4-6(16-2)8(15)7(5)9(14)10(11,12)13/h3-4,9,15H,14H2,1-2H3/t9-/m1/s1. The summed E-state index contributed by atoms with van der Waals surface area (Å²) in [5.74, 6) is -0.590. The van der Waals surface area contributed by atoms with Crippen LogP contribution in [0.3, 0.4) is 0 Å². The van der Waals surface area contributed by atoms with Gasteiger partial charge in [0.2, 0.25) is 0 Å². The molecule has 0 fully saturated rings. The molecule has 1 rings (SSSR count). The molecule has 0 saturated heterocycles. The molecular weight excluding hydrogens is 223 g/mol. The molecule has 3 nitrogen and oxygen atoms in total. The summed E-state index contributed by atoms with van der Waals surface area (Å²) in [5.41, 5.74) is 4.97. The molecule has 0 aliphatic carbocycles. The first-order valence-electron chi connectivity index (χ1n) is 4.47. The minimum Gasteiger partial charge on any atom is -0.504 e. The van der Waals surface area contributed by atoms with Gasteiger partial charge in [0.05, 0.1) is 7.11 Å². The Balaban J connectivity index is 3.32. The van der Waals surface area contributed by atoms with Crippen molar-refractivity contribution in [1.82, 2.24) is 0 Å². The number of aromatic hydroxyl groups is 1. The summed E-state index contributed by atoms with van der Waals surface area (Å²) in [5, 5.41) is 9.60. The molecule has 1 atom stereocenters. The Morgan fingerprint density at radius 3 is 2.38 bits per heavy atom. The summed E-state index contributed by atoms with van der Waals surface area (Å²) >= 11 is 0. The summed E-state index contributed by atoms with van der Waals surface area (Å²) in [6.07, 6.45) is -4.60. The molecule has 0 amide bonds. The van der Waals surface area contributed by atoms with Crippen LogP contribution in [0, 0.1) is 6.92 Å². The second kappa shape index (κ2) is 4.21. The van der Waals surface area contributed by atoms with Gasteiger partial charge in [-0.05, 0) is 18.6 Å². The van der Waals surface area contributed by atoms with Crippen molar-refractivity contribution in [3.05, 3.63) is 23.3 Å². The zero-order chi connectivity index (χ0) is 12.5. The lowest BCUT2D eigenvalue weighted by Crippen LogP contribution is -2.29. The van der Waals surface area contributed by atoms with Crippen LogP contribution in [-0.2, 0) is 0 Å². The van der Waals surface area contributed by atoms with Crippen molar-refractivity contribution >= 4 is 0 Å². The summed E-state index contributed by atoms with van der Waals surface area (Å²) in [7, 11) is 1.26. The fraction of sp³-hybridized carbons (Fsp3) is 0.400. The highest BCUT2D eigenvalue weighted by Crippen LogP contribution is 2.41.